The molecule has 0 saturated heterocycles. The number of anilines is 1. The van der Waals surface area contributed by atoms with Gasteiger partial charge >= 0.3 is 6.03 Å². The van der Waals surface area contributed by atoms with Crippen LogP contribution in [-0.4, -0.2) is 45.8 Å². The number of aromatic nitrogens is 1. The fourth-order valence-electron chi connectivity index (χ4n) is 1.88. The topological polar surface area (TPSA) is 147 Å². The van der Waals surface area contributed by atoms with Gasteiger partial charge in [-0.3, -0.25) is 10.1 Å². The van der Waals surface area contributed by atoms with Crippen molar-refractivity contribution < 1.29 is 28.9 Å². The van der Waals surface area contributed by atoms with E-state index in [0.717, 1.165) is 11.5 Å². The molecule has 3 amide bonds. The maximum Gasteiger partial charge on any atom is 0.320 e. The number of aliphatic hydroxyl groups is 2. The Morgan fingerprint density at radius 1 is 1.44 bits per heavy atom. The van der Waals surface area contributed by atoms with Crippen LogP contribution in [0.3, 0.4) is 0 Å². The standard InChI is InChI=1S/C15H16BrFN4O5S/c16-8-2-1-7(10(17)3-8)6-26-13-11(12(18)24)14(27-21-13)20-15(25)19-4-9(23)5-22/h1-3,9,22-23H,4-6H2,(H2,18,24)(H2,19,20,25). The maximum atomic E-state index is 13.8. The molecule has 2 rings (SSSR count). The maximum absolute atomic E-state index is 13.8. The van der Waals surface area contributed by atoms with Crippen LogP contribution < -0.4 is 21.1 Å². The van der Waals surface area contributed by atoms with Crippen LogP contribution in [0.25, 0.3) is 0 Å². The Morgan fingerprint density at radius 2 is 2.19 bits per heavy atom. The molecular formula is C15H16BrFN4O5S. The summed E-state index contributed by atoms with van der Waals surface area (Å²) in [5.74, 6) is -1.53. The Balaban J connectivity index is 2.07. The number of carbonyl (C=O) groups excluding carboxylic acids is 2. The Bertz CT molecular complexity index is 835. The van der Waals surface area contributed by atoms with Crippen LogP contribution in [0.1, 0.15) is 15.9 Å². The lowest BCUT2D eigenvalue weighted by Gasteiger charge is -2.10. The van der Waals surface area contributed by atoms with Gasteiger partial charge in [-0.15, -0.1) is 0 Å². The highest BCUT2D eigenvalue weighted by atomic mass is 79.9. The smallest absolute Gasteiger partial charge is 0.320 e. The lowest BCUT2D eigenvalue weighted by atomic mass is 10.2. The summed E-state index contributed by atoms with van der Waals surface area (Å²) < 4.78 is 23.7. The van der Waals surface area contributed by atoms with E-state index in [1.165, 1.54) is 12.1 Å². The summed E-state index contributed by atoms with van der Waals surface area (Å²) in [4.78, 5) is 23.5. The van der Waals surface area contributed by atoms with Crippen LogP contribution in [0, 0.1) is 5.82 Å². The lowest BCUT2D eigenvalue weighted by molar-refractivity contribution is 0.0964. The molecule has 0 aliphatic heterocycles. The molecule has 0 aliphatic carbocycles. The van der Waals surface area contributed by atoms with E-state index in [2.05, 4.69) is 30.9 Å². The van der Waals surface area contributed by atoms with Crippen LogP contribution >= 0.6 is 27.5 Å². The highest BCUT2D eigenvalue weighted by molar-refractivity contribution is 9.10. The normalized spacial score (nSPS) is 11.7. The van der Waals surface area contributed by atoms with Gasteiger partial charge in [0.2, 0.25) is 5.88 Å². The van der Waals surface area contributed by atoms with Gasteiger partial charge in [-0.25, -0.2) is 9.18 Å². The number of nitrogens with one attached hydrogen (secondary N) is 2. The van der Waals surface area contributed by atoms with E-state index in [0.29, 0.717) is 4.47 Å². The first kappa shape index (κ1) is 21.0. The van der Waals surface area contributed by atoms with Crippen LogP contribution in [0.15, 0.2) is 22.7 Å². The zero-order chi connectivity index (χ0) is 20.0. The Labute approximate surface area is 165 Å². The van der Waals surface area contributed by atoms with E-state index in [4.69, 9.17) is 15.6 Å². The van der Waals surface area contributed by atoms with E-state index < -0.39 is 30.5 Å². The lowest BCUT2D eigenvalue weighted by Crippen LogP contribution is -2.36. The van der Waals surface area contributed by atoms with E-state index in [1.807, 2.05) is 0 Å². The molecule has 1 heterocycles. The highest BCUT2D eigenvalue weighted by Crippen LogP contribution is 2.31. The van der Waals surface area contributed by atoms with Crippen LogP contribution in [0.2, 0.25) is 0 Å². The van der Waals surface area contributed by atoms with Gasteiger partial charge in [0.15, 0.2) is 0 Å². The zero-order valence-electron chi connectivity index (χ0n) is 13.7. The molecule has 0 saturated carbocycles. The molecule has 1 unspecified atom stereocenters. The second-order valence-corrected chi connectivity index (χ2v) is 6.94. The predicted molar refractivity (Wildman–Crippen MR) is 99.2 cm³/mol. The molecule has 0 radical (unpaired) electrons. The van der Waals surface area contributed by atoms with Gasteiger partial charge in [-0.2, -0.15) is 4.37 Å². The molecule has 0 fully saturated rings. The van der Waals surface area contributed by atoms with Crippen molar-refractivity contribution in [1.29, 1.82) is 0 Å². The quantitative estimate of drug-likeness (QED) is 0.398. The number of amides is 3. The summed E-state index contributed by atoms with van der Waals surface area (Å²) in [5.41, 5.74) is 5.41. The number of urea groups is 1. The van der Waals surface area contributed by atoms with Gasteiger partial charge in [0.05, 0.1) is 12.7 Å². The van der Waals surface area contributed by atoms with Crippen molar-refractivity contribution in [2.45, 2.75) is 12.7 Å². The van der Waals surface area contributed by atoms with Gasteiger partial charge < -0.3 is 26.0 Å². The molecule has 1 aromatic carbocycles. The summed E-state index contributed by atoms with van der Waals surface area (Å²) in [7, 11) is 0. The second-order valence-electron chi connectivity index (χ2n) is 5.25. The van der Waals surface area contributed by atoms with Crippen LogP contribution in [0.5, 0.6) is 5.88 Å². The van der Waals surface area contributed by atoms with Crippen molar-refractivity contribution in [3.63, 3.8) is 0 Å². The number of nitrogens with zero attached hydrogens (tertiary/aromatic N) is 1. The van der Waals surface area contributed by atoms with Crippen LogP contribution in [-0.2, 0) is 6.61 Å². The number of benzene rings is 1. The highest BCUT2D eigenvalue weighted by Gasteiger charge is 2.22. The molecule has 6 N–H and O–H groups in total. The zero-order valence-corrected chi connectivity index (χ0v) is 16.1. The summed E-state index contributed by atoms with van der Waals surface area (Å²) in [5, 5.41) is 22.6. The van der Waals surface area contributed by atoms with E-state index in [1.54, 1.807) is 6.07 Å². The third-order valence-electron chi connectivity index (χ3n) is 3.22. The fraction of sp³-hybridized carbons (Fsp3) is 0.267. The molecule has 146 valence electrons. The second kappa shape index (κ2) is 9.60. The van der Waals surface area contributed by atoms with Crippen molar-refractivity contribution in [3.8, 4) is 5.88 Å². The fourth-order valence-corrected chi connectivity index (χ4v) is 2.95. The summed E-state index contributed by atoms with van der Waals surface area (Å²) >= 11 is 3.90. The SMILES string of the molecule is NC(=O)c1c(OCc2ccc(Br)cc2F)nsc1NC(=O)NCC(O)CO. The van der Waals surface area contributed by atoms with Gasteiger partial charge in [-0.05, 0) is 23.7 Å². The molecule has 9 nitrogen and oxygen atoms in total. The summed E-state index contributed by atoms with van der Waals surface area (Å²) in [6, 6.07) is 3.68. The summed E-state index contributed by atoms with van der Waals surface area (Å²) in [6.07, 6.45) is -1.12. The van der Waals surface area contributed by atoms with Crippen LogP contribution in [0.4, 0.5) is 14.2 Å². The number of aliphatic hydroxyl groups excluding tert-OH is 2. The molecule has 0 spiro atoms. The van der Waals surface area contributed by atoms with E-state index in [9.17, 15) is 19.1 Å². The minimum atomic E-state index is -1.12. The predicted octanol–water partition coefficient (Wildman–Crippen LogP) is 1.20. The Kier molecular flexibility index (Phi) is 7.47. The van der Waals surface area contributed by atoms with Crippen molar-refractivity contribution in [2.24, 2.45) is 5.73 Å². The molecule has 12 heteroatoms. The first-order valence-electron chi connectivity index (χ1n) is 7.51. The van der Waals surface area contributed by atoms with Crippen molar-refractivity contribution >= 4 is 44.4 Å². The number of hydrogen-bond acceptors (Lipinski definition) is 7. The number of halogens is 2. The summed E-state index contributed by atoms with van der Waals surface area (Å²) in [6.45, 7) is -0.908. The average molecular weight is 463 g/mol. The van der Waals surface area contributed by atoms with Gasteiger partial charge in [0, 0.05) is 16.6 Å². The Morgan fingerprint density at radius 3 is 2.81 bits per heavy atom. The third-order valence-corrected chi connectivity index (χ3v) is 4.46. The van der Waals surface area contributed by atoms with Crippen molar-refractivity contribution in [3.05, 3.63) is 39.6 Å². The first-order valence-corrected chi connectivity index (χ1v) is 9.08. The van der Waals surface area contributed by atoms with Gasteiger partial charge in [0.1, 0.15) is 23.0 Å². The molecule has 0 bridgehead atoms. The molecule has 1 aromatic heterocycles. The Hall–Kier alpha value is -2.28. The van der Waals surface area contributed by atoms with E-state index in [-0.39, 0.29) is 35.2 Å². The number of hydrogen-bond donors (Lipinski definition) is 5. The number of nitrogens with two attached hydrogens (primary N) is 1. The molecule has 27 heavy (non-hydrogen) atoms. The third kappa shape index (κ3) is 5.85. The van der Waals surface area contributed by atoms with Gasteiger partial charge in [0.25, 0.3) is 5.91 Å². The minimum Gasteiger partial charge on any atom is -0.471 e. The average Bonchev–Trinajstić information content (AvgIpc) is 3.01. The number of ether oxygens (including phenoxy) is 1. The molecule has 2 aromatic rings. The number of rotatable bonds is 8. The molecule has 0 aliphatic rings. The first-order chi connectivity index (χ1) is 12.8. The monoisotopic (exact) mass is 462 g/mol. The van der Waals surface area contributed by atoms with E-state index >= 15 is 0 Å². The van der Waals surface area contributed by atoms with Gasteiger partial charge in [-0.1, -0.05) is 22.0 Å². The molecular weight excluding hydrogens is 447 g/mol. The number of carbonyl (C=O) groups is 2. The minimum absolute atomic E-state index is 0.0322. The van der Waals surface area contributed by atoms with Crippen molar-refractivity contribution in [1.82, 2.24) is 9.69 Å². The molecule has 1 atom stereocenters. The largest absolute Gasteiger partial charge is 0.471 e. The number of primary amides is 1. The van der Waals surface area contributed by atoms with Crippen molar-refractivity contribution in [2.75, 3.05) is 18.5 Å².